The molecule has 1 heterocycles. The van der Waals surface area contributed by atoms with Crippen LogP contribution in [0, 0.1) is 17.8 Å². The van der Waals surface area contributed by atoms with E-state index < -0.39 is 0 Å². The fraction of sp³-hybridized carbons (Fsp3) is 0.938. The first-order valence-electron chi connectivity index (χ1n) is 8.06. The number of piperidine rings is 1. The molecule has 0 aromatic heterocycles. The van der Waals surface area contributed by atoms with Crippen molar-refractivity contribution in [1.29, 1.82) is 0 Å². The monoisotopic (exact) mass is 304 g/mol. The van der Waals surface area contributed by atoms with E-state index >= 15 is 0 Å². The van der Waals surface area contributed by atoms with Gasteiger partial charge in [-0.25, -0.2) is 0 Å². The summed E-state index contributed by atoms with van der Waals surface area (Å²) in [4.78, 5) is 14.4. The molecule has 0 aromatic carbocycles. The third kappa shape index (κ3) is 6.45. The quantitative estimate of drug-likeness (QED) is 0.782. The van der Waals surface area contributed by atoms with Gasteiger partial charge in [0.1, 0.15) is 0 Å². The summed E-state index contributed by atoms with van der Waals surface area (Å²) in [6.45, 7) is 12.9. The molecule has 0 aliphatic carbocycles. The average Bonchev–Trinajstić information content (AvgIpc) is 2.42. The third-order valence-corrected chi connectivity index (χ3v) is 4.55. The van der Waals surface area contributed by atoms with Crippen LogP contribution in [0.4, 0.5) is 0 Å². The van der Waals surface area contributed by atoms with Crippen molar-refractivity contribution in [3.8, 4) is 0 Å². The van der Waals surface area contributed by atoms with Gasteiger partial charge in [-0.3, -0.25) is 4.79 Å². The highest BCUT2D eigenvalue weighted by atomic mass is 35.5. The molecule has 0 saturated carbocycles. The first-order chi connectivity index (χ1) is 9.08. The van der Waals surface area contributed by atoms with Gasteiger partial charge in [0.05, 0.1) is 0 Å². The maximum atomic E-state index is 12.3. The zero-order valence-corrected chi connectivity index (χ0v) is 14.5. The van der Waals surface area contributed by atoms with Gasteiger partial charge in [-0.15, -0.1) is 12.4 Å². The molecule has 3 nitrogen and oxygen atoms in total. The van der Waals surface area contributed by atoms with Gasteiger partial charge in [-0.2, -0.15) is 0 Å². The van der Waals surface area contributed by atoms with Crippen LogP contribution in [0.1, 0.15) is 53.4 Å². The lowest BCUT2D eigenvalue weighted by atomic mass is 9.89. The maximum absolute atomic E-state index is 12.3. The predicted octanol–water partition coefficient (Wildman–Crippen LogP) is 3.33. The lowest BCUT2D eigenvalue weighted by molar-refractivity contribution is -0.134. The minimum Gasteiger partial charge on any atom is -0.343 e. The molecule has 1 aliphatic heterocycles. The van der Waals surface area contributed by atoms with E-state index in [1.54, 1.807) is 0 Å². The van der Waals surface area contributed by atoms with Gasteiger partial charge in [-0.05, 0) is 43.7 Å². The zero-order chi connectivity index (χ0) is 14.3. The second-order valence-corrected chi connectivity index (χ2v) is 6.25. The molecule has 120 valence electrons. The van der Waals surface area contributed by atoms with Crippen molar-refractivity contribution in [2.24, 2.45) is 17.8 Å². The van der Waals surface area contributed by atoms with E-state index in [-0.39, 0.29) is 12.4 Å². The van der Waals surface area contributed by atoms with Crippen LogP contribution in [0.15, 0.2) is 0 Å². The van der Waals surface area contributed by atoms with Crippen LogP contribution in [0.3, 0.4) is 0 Å². The van der Waals surface area contributed by atoms with Crippen LogP contribution >= 0.6 is 12.4 Å². The van der Waals surface area contributed by atoms with Crippen molar-refractivity contribution < 1.29 is 4.79 Å². The van der Waals surface area contributed by atoms with Crippen molar-refractivity contribution in [1.82, 2.24) is 10.2 Å². The third-order valence-electron chi connectivity index (χ3n) is 4.55. The molecule has 0 bridgehead atoms. The molecule has 1 N–H and O–H groups in total. The molecular formula is C16H33ClN2O. The smallest absolute Gasteiger partial charge is 0.222 e. The molecule has 1 rings (SSSR count). The van der Waals surface area contributed by atoms with Crippen molar-refractivity contribution in [2.45, 2.75) is 53.4 Å². The highest BCUT2D eigenvalue weighted by molar-refractivity contribution is 5.85. The van der Waals surface area contributed by atoms with Crippen molar-refractivity contribution >= 4 is 18.3 Å². The Labute approximate surface area is 131 Å². The molecule has 1 amide bonds. The molecule has 0 radical (unpaired) electrons. The summed E-state index contributed by atoms with van der Waals surface area (Å²) in [6.07, 6.45) is 4.18. The molecule has 1 saturated heterocycles. The summed E-state index contributed by atoms with van der Waals surface area (Å²) in [5.41, 5.74) is 0. The highest BCUT2D eigenvalue weighted by Crippen LogP contribution is 2.22. The molecule has 1 unspecified atom stereocenters. The zero-order valence-electron chi connectivity index (χ0n) is 13.7. The predicted molar refractivity (Wildman–Crippen MR) is 88.3 cm³/mol. The minimum atomic E-state index is 0. The average molecular weight is 305 g/mol. The lowest BCUT2D eigenvalue weighted by Crippen LogP contribution is -2.41. The van der Waals surface area contributed by atoms with E-state index in [2.05, 4.69) is 37.9 Å². The number of hydrogen-bond donors (Lipinski definition) is 1. The molecular weight excluding hydrogens is 272 g/mol. The van der Waals surface area contributed by atoms with Gasteiger partial charge in [0.25, 0.3) is 0 Å². The van der Waals surface area contributed by atoms with E-state index in [0.29, 0.717) is 17.7 Å². The van der Waals surface area contributed by atoms with Gasteiger partial charge in [0.15, 0.2) is 0 Å². The van der Waals surface area contributed by atoms with Crippen molar-refractivity contribution in [3.05, 3.63) is 0 Å². The van der Waals surface area contributed by atoms with Gasteiger partial charge in [0.2, 0.25) is 5.91 Å². The summed E-state index contributed by atoms with van der Waals surface area (Å²) >= 11 is 0. The van der Waals surface area contributed by atoms with E-state index in [4.69, 9.17) is 0 Å². The summed E-state index contributed by atoms with van der Waals surface area (Å²) in [6, 6.07) is 0. The lowest BCUT2D eigenvalue weighted by Gasteiger charge is -2.33. The van der Waals surface area contributed by atoms with Crippen LogP contribution in [-0.4, -0.2) is 37.0 Å². The molecule has 20 heavy (non-hydrogen) atoms. The normalized spacial score (nSPS) is 17.9. The molecule has 1 atom stereocenters. The number of amides is 1. The summed E-state index contributed by atoms with van der Waals surface area (Å²) in [7, 11) is 0. The van der Waals surface area contributed by atoms with Crippen LogP contribution < -0.4 is 5.32 Å². The summed E-state index contributed by atoms with van der Waals surface area (Å²) < 4.78 is 0. The van der Waals surface area contributed by atoms with E-state index in [9.17, 15) is 4.79 Å². The minimum absolute atomic E-state index is 0. The van der Waals surface area contributed by atoms with Crippen LogP contribution in [-0.2, 0) is 4.79 Å². The Balaban J connectivity index is 0.00000361. The Bertz CT molecular complexity index is 263. The second-order valence-electron chi connectivity index (χ2n) is 6.25. The summed E-state index contributed by atoms with van der Waals surface area (Å²) in [5.74, 6) is 2.30. The fourth-order valence-electron chi connectivity index (χ4n) is 2.94. The van der Waals surface area contributed by atoms with E-state index in [1.165, 1.54) is 0 Å². The first kappa shape index (κ1) is 19.7. The number of carbonyl (C=O) groups excluding carboxylic acids is 1. The summed E-state index contributed by atoms with van der Waals surface area (Å²) in [5, 5.41) is 3.41. The Morgan fingerprint density at radius 3 is 2.30 bits per heavy atom. The number of hydrogen-bond acceptors (Lipinski definition) is 2. The topological polar surface area (TPSA) is 32.3 Å². The number of nitrogens with one attached hydrogen (secondary N) is 1. The molecule has 0 spiro atoms. The van der Waals surface area contributed by atoms with Gasteiger partial charge in [-0.1, -0.05) is 34.1 Å². The van der Waals surface area contributed by atoms with Gasteiger partial charge >= 0.3 is 0 Å². The standard InChI is InChI=1S/C16H32N2O.ClH/c1-5-15(13(3)4)11-16(19)18-9-7-14(8-10-18)12-17-6-2;/h13-15,17H,5-12H2,1-4H3;1H. The Kier molecular flexibility index (Phi) is 10.3. The number of likely N-dealkylation sites (tertiary alicyclic amines) is 1. The molecule has 1 aliphatic rings. The largest absolute Gasteiger partial charge is 0.343 e. The van der Waals surface area contributed by atoms with Gasteiger partial charge in [0, 0.05) is 19.5 Å². The number of rotatable bonds is 7. The maximum Gasteiger partial charge on any atom is 0.222 e. The second kappa shape index (κ2) is 10.4. The van der Waals surface area contributed by atoms with Crippen LogP contribution in [0.25, 0.3) is 0 Å². The van der Waals surface area contributed by atoms with Crippen LogP contribution in [0.5, 0.6) is 0 Å². The Morgan fingerprint density at radius 1 is 1.25 bits per heavy atom. The van der Waals surface area contributed by atoms with E-state index in [1.807, 2.05) is 0 Å². The number of nitrogens with zero attached hydrogens (tertiary/aromatic N) is 1. The van der Waals surface area contributed by atoms with Crippen LogP contribution in [0.2, 0.25) is 0 Å². The van der Waals surface area contributed by atoms with Gasteiger partial charge < -0.3 is 10.2 Å². The SMILES string of the molecule is CCNCC1CCN(C(=O)CC(CC)C(C)C)CC1.Cl. The van der Waals surface area contributed by atoms with Crippen molar-refractivity contribution in [2.75, 3.05) is 26.2 Å². The Morgan fingerprint density at radius 2 is 1.85 bits per heavy atom. The number of halogens is 1. The number of carbonyl (C=O) groups is 1. The Hall–Kier alpha value is -0.280. The van der Waals surface area contributed by atoms with E-state index in [0.717, 1.165) is 57.8 Å². The molecule has 1 fully saturated rings. The highest BCUT2D eigenvalue weighted by Gasteiger charge is 2.24. The molecule has 4 heteroatoms. The first-order valence-corrected chi connectivity index (χ1v) is 8.06. The fourth-order valence-corrected chi connectivity index (χ4v) is 2.94. The molecule has 0 aromatic rings. The van der Waals surface area contributed by atoms with Crippen molar-refractivity contribution in [3.63, 3.8) is 0 Å².